The highest BCUT2D eigenvalue weighted by molar-refractivity contribution is 5.94. The van der Waals surface area contributed by atoms with E-state index in [4.69, 9.17) is 4.74 Å². The van der Waals surface area contributed by atoms with Crippen LogP contribution in [0.4, 0.5) is 19.0 Å². The molecule has 0 atom stereocenters. The highest BCUT2D eigenvalue weighted by atomic mass is 19.4. The van der Waals surface area contributed by atoms with Gasteiger partial charge in [-0.2, -0.15) is 13.2 Å². The molecule has 0 bridgehead atoms. The molecule has 1 aromatic carbocycles. The lowest BCUT2D eigenvalue weighted by molar-refractivity contribution is -0.137. The fraction of sp³-hybridized carbons (Fsp3) is 0.278. The largest absolute Gasteiger partial charge is 0.462 e. The summed E-state index contributed by atoms with van der Waals surface area (Å²) in [6.07, 6.45) is -3.06. The lowest BCUT2D eigenvalue weighted by atomic mass is 10.1. The maximum atomic E-state index is 12.5. The Kier molecular flexibility index (Phi) is 6.75. The van der Waals surface area contributed by atoms with Gasteiger partial charge in [0.1, 0.15) is 5.82 Å². The molecule has 0 unspecified atom stereocenters. The van der Waals surface area contributed by atoms with Crippen molar-refractivity contribution in [1.82, 2.24) is 10.3 Å². The smallest absolute Gasteiger partial charge is 0.416 e. The first kappa shape index (κ1) is 20.2. The third-order valence-corrected chi connectivity index (χ3v) is 3.47. The average molecular weight is 381 g/mol. The summed E-state index contributed by atoms with van der Waals surface area (Å²) in [7, 11) is 0. The normalized spacial score (nSPS) is 11.0. The van der Waals surface area contributed by atoms with Crippen LogP contribution in [0.25, 0.3) is 0 Å². The number of carbonyl (C=O) groups is 2. The number of benzene rings is 1. The molecular formula is C18H18F3N3O3. The van der Waals surface area contributed by atoms with Gasteiger partial charge < -0.3 is 15.4 Å². The number of pyridine rings is 1. The number of hydrogen-bond donors (Lipinski definition) is 2. The lowest BCUT2D eigenvalue weighted by Gasteiger charge is -2.09. The van der Waals surface area contributed by atoms with E-state index in [0.717, 1.165) is 24.3 Å². The molecule has 6 nitrogen and oxygen atoms in total. The van der Waals surface area contributed by atoms with Gasteiger partial charge in [-0.25, -0.2) is 9.78 Å². The minimum absolute atomic E-state index is 0.139. The van der Waals surface area contributed by atoms with Gasteiger partial charge in [0.2, 0.25) is 0 Å². The van der Waals surface area contributed by atoms with Crippen LogP contribution in [0.3, 0.4) is 0 Å². The summed E-state index contributed by atoms with van der Waals surface area (Å²) in [5, 5.41) is 5.54. The van der Waals surface area contributed by atoms with Gasteiger partial charge in [-0.05, 0) is 43.3 Å². The molecule has 9 heteroatoms. The number of carbonyl (C=O) groups excluding carboxylic acids is 2. The van der Waals surface area contributed by atoms with Gasteiger partial charge in [-0.15, -0.1) is 0 Å². The van der Waals surface area contributed by atoms with Gasteiger partial charge in [0.25, 0.3) is 5.91 Å². The van der Waals surface area contributed by atoms with Gasteiger partial charge in [0.05, 0.1) is 17.7 Å². The van der Waals surface area contributed by atoms with E-state index in [0.29, 0.717) is 17.9 Å². The topological polar surface area (TPSA) is 80.3 Å². The zero-order chi connectivity index (χ0) is 19.9. The number of anilines is 1. The van der Waals surface area contributed by atoms with E-state index >= 15 is 0 Å². The third kappa shape index (κ3) is 5.98. The Balaban J connectivity index is 1.77. The molecule has 1 amide bonds. The van der Waals surface area contributed by atoms with E-state index in [1.54, 1.807) is 19.1 Å². The molecule has 0 aliphatic rings. The molecule has 2 rings (SSSR count). The molecule has 0 spiro atoms. The monoisotopic (exact) mass is 381 g/mol. The molecule has 144 valence electrons. The number of alkyl halides is 3. The van der Waals surface area contributed by atoms with Crippen LogP contribution in [0.5, 0.6) is 0 Å². The maximum Gasteiger partial charge on any atom is 0.416 e. The molecule has 1 aromatic heterocycles. The Morgan fingerprint density at radius 1 is 1.04 bits per heavy atom. The summed E-state index contributed by atoms with van der Waals surface area (Å²) in [5.41, 5.74) is -0.337. The van der Waals surface area contributed by atoms with Crippen LogP contribution in [0.1, 0.15) is 33.2 Å². The van der Waals surface area contributed by atoms with Gasteiger partial charge >= 0.3 is 12.1 Å². The number of aromatic nitrogens is 1. The minimum atomic E-state index is -4.44. The Labute approximate surface area is 153 Å². The van der Waals surface area contributed by atoms with E-state index in [1.165, 1.54) is 6.20 Å². The molecule has 2 aromatic rings. The highest BCUT2D eigenvalue weighted by Gasteiger charge is 2.30. The molecule has 0 saturated carbocycles. The van der Waals surface area contributed by atoms with Crippen LogP contribution in [0.15, 0.2) is 42.6 Å². The van der Waals surface area contributed by atoms with E-state index < -0.39 is 23.6 Å². The quantitative estimate of drug-likeness (QED) is 0.569. The maximum absolute atomic E-state index is 12.5. The molecule has 0 fully saturated rings. The first-order valence-corrected chi connectivity index (χ1v) is 8.13. The van der Waals surface area contributed by atoms with Gasteiger partial charge in [0.15, 0.2) is 0 Å². The molecule has 0 radical (unpaired) electrons. The average Bonchev–Trinajstić information content (AvgIpc) is 2.65. The van der Waals surface area contributed by atoms with Crippen molar-refractivity contribution in [3.8, 4) is 0 Å². The molecule has 0 aliphatic carbocycles. The van der Waals surface area contributed by atoms with Crippen LogP contribution >= 0.6 is 0 Å². The Morgan fingerprint density at radius 2 is 1.70 bits per heavy atom. The SMILES string of the molecule is CCOC(=O)c1ccc(NCCNC(=O)c2ccc(C(F)(F)F)cc2)nc1. The van der Waals surface area contributed by atoms with Crippen molar-refractivity contribution < 1.29 is 27.5 Å². The molecule has 0 aliphatic heterocycles. The Morgan fingerprint density at radius 3 is 2.26 bits per heavy atom. The number of esters is 1. The van der Waals surface area contributed by atoms with E-state index in [2.05, 4.69) is 15.6 Å². The van der Waals surface area contributed by atoms with Crippen molar-refractivity contribution in [2.75, 3.05) is 25.0 Å². The highest BCUT2D eigenvalue weighted by Crippen LogP contribution is 2.29. The number of halogens is 3. The fourth-order valence-corrected chi connectivity index (χ4v) is 2.11. The van der Waals surface area contributed by atoms with Gasteiger partial charge in [-0.3, -0.25) is 4.79 Å². The van der Waals surface area contributed by atoms with Crippen molar-refractivity contribution in [3.63, 3.8) is 0 Å². The zero-order valence-corrected chi connectivity index (χ0v) is 14.5. The van der Waals surface area contributed by atoms with Crippen LogP contribution in [0, 0.1) is 0 Å². The summed E-state index contributed by atoms with van der Waals surface area (Å²) in [6, 6.07) is 7.14. The summed E-state index contributed by atoms with van der Waals surface area (Å²) >= 11 is 0. The lowest BCUT2D eigenvalue weighted by Crippen LogP contribution is -2.29. The fourth-order valence-electron chi connectivity index (χ4n) is 2.11. The first-order chi connectivity index (χ1) is 12.8. The van der Waals surface area contributed by atoms with Crippen molar-refractivity contribution in [2.24, 2.45) is 0 Å². The van der Waals surface area contributed by atoms with Gasteiger partial charge in [-0.1, -0.05) is 0 Å². The molecule has 2 N–H and O–H groups in total. The van der Waals surface area contributed by atoms with Crippen molar-refractivity contribution >= 4 is 17.7 Å². The number of ether oxygens (including phenoxy) is 1. The Bertz CT molecular complexity index is 775. The summed E-state index contributed by atoms with van der Waals surface area (Å²) in [5.74, 6) is -0.427. The van der Waals surface area contributed by atoms with Crippen LogP contribution in [0.2, 0.25) is 0 Å². The zero-order valence-electron chi connectivity index (χ0n) is 14.5. The Hall–Kier alpha value is -3.10. The van der Waals surface area contributed by atoms with Gasteiger partial charge in [0, 0.05) is 24.8 Å². The second-order valence-corrected chi connectivity index (χ2v) is 5.41. The predicted octanol–water partition coefficient (Wildman–Crippen LogP) is 3.12. The second kappa shape index (κ2) is 9.02. The van der Waals surface area contributed by atoms with Crippen molar-refractivity contribution in [2.45, 2.75) is 13.1 Å². The summed E-state index contributed by atoms with van der Waals surface area (Å²) in [4.78, 5) is 27.5. The molecule has 27 heavy (non-hydrogen) atoms. The number of hydrogen-bond acceptors (Lipinski definition) is 5. The van der Waals surface area contributed by atoms with Crippen molar-refractivity contribution in [1.29, 1.82) is 0 Å². The number of nitrogens with zero attached hydrogens (tertiary/aromatic N) is 1. The van der Waals surface area contributed by atoms with Crippen molar-refractivity contribution in [3.05, 3.63) is 59.3 Å². The number of amides is 1. The summed E-state index contributed by atoms with van der Waals surface area (Å²) < 4.78 is 42.3. The first-order valence-electron chi connectivity index (χ1n) is 8.13. The van der Waals surface area contributed by atoms with Crippen LogP contribution in [-0.4, -0.2) is 36.6 Å². The van der Waals surface area contributed by atoms with E-state index in [1.807, 2.05) is 0 Å². The minimum Gasteiger partial charge on any atom is -0.462 e. The van der Waals surface area contributed by atoms with E-state index in [9.17, 15) is 22.8 Å². The predicted molar refractivity (Wildman–Crippen MR) is 92.5 cm³/mol. The molecule has 1 heterocycles. The number of rotatable bonds is 7. The number of nitrogens with one attached hydrogen (secondary N) is 2. The van der Waals surface area contributed by atoms with Crippen LogP contribution in [-0.2, 0) is 10.9 Å². The second-order valence-electron chi connectivity index (χ2n) is 5.41. The standard InChI is InChI=1S/C18H18F3N3O3/c1-2-27-17(26)13-5-8-15(24-11-13)22-9-10-23-16(25)12-3-6-14(7-4-12)18(19,20)21/h3-8,11H,2,9-10H2,1H3,(H,22,24)(H,23,25). The van der Waals surface area contributed by atoms with Crippen LogP contribution < -0.4 is 10.6 Å². The summed E-state index contributed by atoms with van der Waals surface area (Å²) in [6.45, 7) is 2.57. The van der Waals surface area contributed by atoms with E-state index in [-0.39, 0.29) is 18.7 Å². The molecular weight excluding hydrogens is 363 g/mol. The molecule has 0 saturated heterocycles. The third-order valence-electron chi connectivity index (χ3n) is 3.47.